The standard InChI is InChI=1S/C13H14F3NO3/c14-13(15,16)10-5-3-4-9(8-10)12(20)17-7-2-1-6-11(18)19/h3-5,8H,1-2,6-7H2,(H,17,20)(H,18,19). The molecule has 4 nitrogen and oxygen atoms in total. The summed E-state index contributed by atoms with van der Waals surface area (Å²) in [6, 6.07) is 4.14. The van der Waals surface area contributed by atoms with Crippen molar-refractivity contribution in [3.63, 3.8) is 0 Å². The number of carboxylic acid groups (broad SMARTS) is 1. The highest BCUT2D eigenvalue weighted by Crippen LogP contribution is 2.29. The highest BCUT2D eigenvalue weighted by molar-refractivity contribution is 5.94. The van der Waals surface area contributed by atoms with E-state index in [1.807, 2.05) is 0 Å². The molecule has 0 saturated heterocycles. The molecule has 20 heavy (non-hydrogen) atoms. The highest BCUT2D eigenvalue weighted by atomic mass is 19.4. The van der Waals surface area contributed by atoms with Crippen molar-refractivity contribution in [2.75, 3.05) is 6.54 Å². The Labute approximate surface area is 113 Å². The summed E-state index contributed by atoms with van der Waals surface area (Å²) >= 11 is 0. The molecule has 1 aromatic rings. The van der Waals surface area contributed by atoms with Gasteiger partial charge in [0.1, 0.15) is 0 Å². The molecule has 0 spiro atoms. The SMILES string of the molecule is O=C(O)CCCCNC(=O)c1cccc(C(F)(F)F)c1. The van der Waals surface area contributed by atoms with Crippen molar-refractivity contribution in [3.05, 3.63) is 35.4 Å². The molecule has 1 amide bonds. The number of rotatable bonds is 6. The highest BCUT2D eigenvalue weighted by Gasteiger charge is 2.30. The average molecular weight is 289 g/mol. The van der Waals surface area contributed by atoms with Gasteiger partial charge in [0.25, 0.3) is 5.91 Å². The van der Waals surface area contributed by atoms with E-state index in [0.29, 0.717) is 12.8 Å². The lowest BCUT2D eigenvalue weighted by Gasteiger charge is -2.09. The number of nitrogens with one attached hydrogen (secondary N) is 1. The lowest BCUT2D eigenvalue weighted by molar-refractivity contribution is -0.138. The second-order valence-corrected chi connectivity index (χ2v) is 4.19. The molecule has 0 aliphatic rings. The van der Waals surface area contributed by atoms with Gasteiger partial charge in [0.2, 0.25) is 0 Å². The van der Waals surface area contributed by atoms with Gasteiger partial charge in [-0.2, -0.15) is 13.2 Å². The van der Waals surface area contributed by atoms with Gasteiger partial charge < -0.3 is 10.4 Å². The molecule has 0 atom stereocenters. The van der Waals surface area contributed by atoms with E-state index in [0.717, 1.165) is 12.1 Å². The van der Waals surface area contributed by atoms with Crippen LogP contribution in [-0.2, 0) is 11.0 Å². The van der Waals surface area contributed by atoms with Crippen LogP contribution in [0.1, 0.15) is 35.2 Å². The predicted molar refractivity (Wildman–Crippen MR) is 65.3 cm³/mol. The van der Waals surface area contributed by atoms with Crippen molar-refractivity contribution in [2.24, 2.45) is 0 Å². The summed E-state index contributed by atoms with van der Waals surface area (Å²) in [4.78, 5) is 21.9. The number of carbonyl (C=O) groups excluding carboxylic acids is 1. The Kier molecular flexibility index (Phi) is 5.54. The third-order valence-electron chi connectivity index (χ3n) is 2.56. The molecule has 0 bridgehead atoms. The Hall–Kier alpha value is -2.05. The summed E-state index contributed by atoms with van der Waals surface area (Å²) in [5.74, 6) is -1.53. The molecule has 0 saturated carbocycles. The van der Waals surface area contributed by atoms with E-state index in [9.17, 15) is 22.8 Å². The van der Waals surface area contributed by atoms with Crippen LogP contribution in [0, 0.1) is 0 Å². The fourth-order valence-corrected chi connectivity index (χ4v) is 1.54. The van der Waals surface area contributed by atoms with E-state index in [1.54, 1.807) is 0 Å². The number of alkyl halides is 3. The number of hydrogen-bond donors (Lipinski definition) is 2. The topological polar surface area (TPSA) is 66.4 Å². The Morgan fingerprint density at radius 3 is 2.50 bits per heavy atom. The van der Waals surface area contributed by atoms with Crippen molar-refractivity contribution in [1.29, 1.82) is 0 Å². The Morgan fingerprint density at radius 1 is 1.20 bits per heavy atom. The summed E-state index contributed by atoms with van der Waals surface area (Å²) in [6.45, 7) is 0.225. The van der Waals surface area contributed by atoms with Gasteiger partial charge in [0, 0.05) is 18.5 Å². The van der Waals surface area contributed by atoms with Crippen LogP contribution in [0.2, 0.25) is 0 Å². The third kappa shape index (κ3) is 5.29. The Morgan fingerprint density at radius 2 is 1.90 bits per heavy atom. The van der Waals surface area contributed by atoms with Gasteiger partial charge in [-0.1, -0.05) is 6.07 Å². The Balaban J connectivity index is 2.50. The average Bonchev–Trinajstić information content (AvgIpc) is 2.37. The van der Waals surface area contributed by atoms with Crippen LogP contribution in [0.5, 0.6) is 0 Å². The molecule has 0 fully saturated rings. The van der Waals surface area contributed by atoms with Crippen LogP contribution in [0.15, 0.2) is 24.3 Å². The lowest BCUT2D eigenvalue weighted by atomic mass is 10.1. The van der Waals surface area contributed by atoms with Gasteiger partial charge in [-0.25, -0.2) is 0 Å². The van der Waals surface area contributed by atoms with Gasteiger partial charge in [0.15, 0.2) is 0 Å². The lowest BCUT2D eigenvalue weighted by Crippen LogP contribution is -2.25. The van der Waals surface area contributed by atoms with Crippen molar-refractivity contribution in [3.8, 4) is 0 Å². The van der Waals surface area contributed by atoms with Gasteiger partial charge in [-0.3, -0.25) is 9.59 Å². The van der Waals surface area contributed by atoms with E-state index in [4.69, 9.17) is 5.11 Å². The number of benzene rings is 1. The van der Waals surface area contributed by atoms with Crippen molar-refractivity contribution < 1.29 is 27.9 Å². The van der Waals surface area contributed by atoms with Crippen LogP contribution in [0.4, 0.5) is 13.2 Å². The van der Waals surface area contributed by atoms with Crippen molar-refractivity contribution in [1.82, 2.24) is 5.32 Å². The van der Waals surface area contributed by atoms with Gasteiger partial charge in [-0.15, -0.1) is 0 Å². The summed E-state index contributed by atoms with van der Waals surface area (Å²) in [6.07, 6.45) is -3.63. The summed E-state index contributed by atoms with van der Waals surface area (Å²) in [5, 5.41) is 10.9. The molecule has 0 radical (unpaired) electrons. The number of carbonyl (C=O) groups is 2. The maximum Gasteiger partial charge on any atom is 0.416 e. The number of hydrogen-bond acceptors (Lipinski definition) is 2. The molecular weight excluding hydrogens is 275 g/mol. The normalized spacial score (nSPS) is 11.2. The van der Waals surface area contributed by atoms with Crippen LogP contribution in [0.3, 0.4) is 0 Å². The maximum absolute atomic E-state index is 12.5. The zero-order valence-corrected chi connectivity index (χ0v) is 10.5. The first-order chi connectivity index (χ1) is 9.30. The number of amides is 1. The van der Waals surface area contributed by atoms with Gasteiger partial charge in [-0.05, 0) is 31.0 Å². The minimum Gasteiger partial charge on any atom is -0.481 e. The molecule has 0 heterocycles. The van der Waals surface area contributed by atoms with E-state index in [-0.39, 0.29) is 18.5 Å². The quantitative estimate of drug-likeness (QED) is 0.791. The van der Waals surface area contributed by atoms with E-state index in [2.05, 4.69) is 5.32 Å². The molecule has 0 unspecified atom stereocenters. The zero-order valence-electron chi connectivity index (χ0n) is 10.5. The summed E-state index contributed by atoms with van der Waals surface area (Å²) in [7, 11) is 0. The number of carboxylic acids is 1. The number of aliphatic carboxylic acids is 1. The maximum atomic E-state index is 12.5. The van der Waals surface area contributed by atoms with Crippen LogP contribution >= 0.6 is 0 Å². The first-order valence-electron chi connectivity index (χ1n) is 5.98. The third-order valence-corrected chi connectivity index (χ3v) is 2.56. The second kappa shape index (κ2) is 6.93. The molecule has 0 aliphatic carbocycles. The second-order valence-electron chi connectivity index (χ2n) is 4.19. The largest absolute Gasteiger partial charge is 0.481 e. The Bertz CT molecular complexity index is 486. The predicted octanol–water partition coefficient (Wildman–Crippen LogP) is 2.69. The van der Waals surface area contributed by atoms with Crippen molar-refractivity contribution in [2.45, 2.75) is 25.4 Å². The molecule has 110 valence electrons. The van der Waals surface area contributed by atoms with Crippen LogP contribution < -0.4 is 5.32 Å². The van der Waals surface area contributed by atoms with Crippen molar-refractivity contribution >= 4 is 11.9 Å². The van der Waals surface area contributed by atoms with E-state index in [1.165, 1.54) is 12.1 Å². The smallest absolute Gasteiger partial charge is 0.416 e. The number of unbranched alkanes of at least 4 members (excludes halogenated alkanes) is 1. The van der Waals surface area contributed by atoms with Gasteiger partial charge in [0.05, 0.1) is 5.56 Å². The van der Waals surface area contributed by atoms with Crippen LogP contribution in [-0.4, -0.2) is 23.5 Å². The monoisotopic (exact) mass is 289 g/mol. The molecule has 0 aliphatic heterocycles. The molecular formula is C13H14F3NO3. The molecule has 2 N–H and O–H groups in total. The van der Waals surface area contributed by atoms with E-state index < -0.39 is 23.6 Å². The minimum absolute atomic E-state index is 0.000566. The first kappa shape index (κ1) is 16.0. The zero-order chi connectivity index (χ0) is 15.2. The van der Waals surface area contributed by atoms with Gasteiger partial charge >= 0.3 is 12.1 Å². The fourth-order valence-electron chi connectivity index (χ4n) is 1.54. The minimum atomic E-state index is -4.49. The molecule has 1 rings (SSSR count). The van der Waals surface area contributed by atoms with E-state index >= 15 is 0 Å². The van der Waals surface area contributed by atoms with Crippen LogP contribution in [0.25, 0.3) is 0 Å². The summed E-state index contributed by atoms with van der Waals surface area (Å²) in [5.41, 5.74) is -0.950. The molecule has 0 aromatic heterocycles. The first-order valence-corrected chi connectivity index (χ1v) is 5.98. The fraction of sp³-hybridized carbons (Fsp3) is 0.385. The summed E-state index contributed by atoms with van der Waals surface area (Å²) < 4.78 is 37.4. The molecule has 7 heteroatoms. The number of halogens is 3. The molecule has 1 aromatic carbocycles.